The molecule has 18 heavy (non-hydrogen) atoms. The summed E-state index contributed by atoms with van der Waals surface area (Å²) < 4.78 is 0. The minimum absolute atomic E-state index is 0.0919. The first kappa shape index (κ1) is 13.5. The SMILES string of the molecule is O=C(O)Cc1ccc(CNCC2(O)CCCC2)s1. The van der Waals surface area contributed by atoms with Crippen molar-refractivity contribution in [3.8, 4) is 0 Å². The Kier molecular flexibility index (Phi) is 4.37. The molecule has 1 fully saturated rings. The van der Waals surface area contributed by atoms with Gasteiger partial charge < -0.3 is 15.5 Å². The minimum atomic E-state index is -0.795. The zero-order valence-corrected chi connectivity index (χ0v) is 11.1. The van der Waals surface area contributed by atoms with E-state index in [9.17, 15) is 9.90 Å². The Labute approximate surface area is 111 Å². The maximum atomic E-state index is 10.6. The van der Waals surface area contributed by atoms with E-state index in [1.54, 1.807) is 0 Å². The van der Waals surface area contributed by atoms with Crippen LogP contribution in [0, 0.1) is 0 Å². The summed E-state index contributed by atoms with van der Waals surface area (Å²) >= 11 is 1.52. The second-order valence-corrected chi connectivity index (χ2v) is 6.23. The van der Waals surface area contributed by atoms with Crippen LogP contribution < -0.4 is 5.32 Å². The molecule has 3 N–H and O–H groups in total. The molecule has 5 heteroatoms. The van der Waals surface area contributed by atoms with E-state index in [1.807, 2.05) is 12.1 Å². The van der Waals surface area contributed by atoms with Gasteiger partial charge in [0.2, 0.25) is 0 Å². The van der Waals surface area contributed by atoms with Crippen molar-refractivity contribution in [2.24, 2.45) is 0 Å². The van der Waals surface area contributed by atoms with E-state index >= 15 is 0 Å². The van der Waals surface area contributed by atoms with Crippen LogP contribution in [0.2, 0.25) is 0 Å². The molecule has 0 atom stereocenters. The zero-order chi connectivity index (χ0) is 13.0. The number of aliphatic hydroxyl groups is 1. The highest BCUT2D eigenvalue weighted by atomic mass is 32.1. The molecule has 2 rings (SSSR count). The quantitative estimate of drug-likeness (QED) is 0.736. The number of carboxylic acid groups (broad SMARTS) is 1. The maximum Gasteiger partial charge on any atom is 0.308 e. The monoisotopic (exact) mass is 269 g/mol. The van der Waals surface area contributed by atoms with Crippen LogP contribution in [0.4, 0.5) is 0 Å². The Morgan fingerprint density at radius 3 is 2.67 bits per heavy atom. The molecular weight excluding hydrogens is 250 g/mol. The van der Waals surface area contributed by atoms with Crippen molar-refractivity contribution in [2.75, 3.05) is 6.54 Å². The summed E-state index contributed by atoms with van der Waals surface area (Å²) in [6, 6.07) is 3.81. The van der Waals surface area contributed by atoms with Gasteiger partial charge in [-0.2, -0.15) is 0 Å². The van der Waals surface area contributed by atoms with Gasteiger partial charge in [0, 0.05) is 22.8 Å². The van der Waals surface area contributed by atoms with Crippen molar-refractivity contribution >= 4 is 17.3 Å². The first-order chi connectivity index (χ1) is 8.57. The number of carboxylic acids is 1. The number of aliphatic carboxylic acids is 1. The fourth-order valence-corrected chi connectivity index (χ4v) is 3.37. The molecular formula is C13H19NO3S. The van der Waals surface area contributed by atoms with Gasteiger partial charge in [0.05, 0.1) is 12.0 Å². The van der Waals surface area contributed by atoms with E-state index in [0.29, 0.717) is 13.1 Å². The third-order valence-corrected chi connectivity index (χ3v) is 4.42. The summed E-state index contributed by atoms with van der Waals surface area (Å²) in [6.07, 6.45) is 4.08. The van der Waals surface area contributed by atoms with E-state index in [4.69, 9.17) is 5.11 Å². The van der Waals surface area contributed by atoms with Crippen molar-refractivity contribution in [3.63, 3.8) is 0 Å². The second-order valence-electron chi connectivity index (χ2n) is 4.97. The van der Waals surface area contributed by atoms with Gasteiger partial charge >= 0.3 is 5.97 Å². The van der Waals surface area contributed by atoms with Gasteiger partial charge in [0.15, 0.2) is 0 Å². The van der Waals surface area contributed by atoms with Gasteiger partial charge in [0.1, 0.15) is 0 Å². The van der Waals surface area contributed by atoms with E-state index in [-0.39, 0.29) is 6.42 Å². The lowest BCUT2D eigenvalue weighted by molar-refractivity contribution is -0.136. The fraction of sp³-hybridized carbons (Fsp3) is 0.615. The molecule has 4 nitrogen and oxygen atoms in total. The van der Waals surface area contributed by atoms with Gasteiger partial charge in [-0.1, -0.05) is 12.8 Å². The van der Waals surface area contributed by atoms with Crippen LogP contribution in [0.25, 0.3) is 0 Å². The summed E-state index contributed by atoms with van der Waals surface area (Å²) in [5, 5.41) is 22.1. The van der Waals surface area contributed by atoms with Crippen LogP contribution in [0.15, 0.2) is 12.1 Å². The predicted octanol–water partition coefficient (Wildman–Crippen LogP) is 1.77. The van der Waals surface area contributed by atoms with Crippen LogP contribution in [-0.2, 0) is 17.8 Å². The van der Waals surface area contributed by atoms with Crippen LogP contribution in [0.5, 0.6) is 0 Å². The summed E-state index contributed by atoms with van der Waals surface area (Å²) in [7, 11) is 0. The molecule has 0 spiro atoms. The van der Waals surface area contributed by atoms with Crippen molar-refractivity contribution in [3.05, 3.63) is 21.9 Å². The van der Waals surface area contributed by atoms with Gasteiger partial charge in [-0.15, -0.1) is 11.3 Å². The Balaban J connectivity index is 1.76. The van der Waals surface area contributed by atoms with Crippen molar-refractivity contribution < 1.29 is 15.0 Å². The highest BCUT2D eigenvalue weighted by Crippen LogP contribution is 2.28. The lowest BCUT2D eigenvalue weighted by atomic mass is 10.0. The maximum absolute atomic E-state index is 10.6. The third kappa shape index (κ3) is 3.80. The van der Waals surface area contributed by atoms with Gasteiger partial charge in [-0.25, -0.2) is 0 Å². The molecule has 0 amide bonds. The molecule has 1 aromatic heterocycles. The molecule has 1 saturated carbocycles. The number of thiophene rings is 1. The largest absolute Gasteiger partial charge is 0.481 e. The zero-order valence-electron chi connectivity index (χ0n) is 10.3. The molecule has 1 aliphatic rings. The predicted molar refractivity (Wildman–Crippen MR) is 70.8 cm³/mol. The summed E-state index contributed by atoms with van der Waals surface area (Å²) in [4.78, 5) is 12.6. The van der Waals surface area contributed by atoms with Gasteiger partial charge in [0.25, 0.3) is 0 Å². The van der Waals surface area contributed by atoms with Crippen LogP contribution in [0.1, 0.15) is 35.4 Å². The smallest absolute Gasteiger partial charge is 0.308 e. The summed E-state index contributed by atoms with van der Waals surface area (Å²) in [5.74, 6) is -0.795. The topological polar surface area (TPSA) is 69.6 Å². The molecule has 1 heterocycles. The van der Waals surface area contributed by atoms with E-state index in [0.717, 1.165) is 35.4 Å². The van der Waals surface area contributed by atoms with E-state index < -0.39 is 11.6 Å². The van der Waals surface area contributed by atoms with Gasteiger partial charge in [-0.3, -0.25) is 4.79 Å². The molecule has 0 bridgehead atoms. The average Bonchev–Trinajstić information content (AvgIpc) is 2.88. The lowest BCUT2D eigenvalue weighted by Gasteiger charge is -2.22. The highest BCUT2D eigenvalue weighted by molar-refractivity contribution is 7.12. The molecule has 1 aliphatic carbocycles. The lowest BCUT2D eigenvalue weighted by Crippen LogP contribution is -2.37. The molecule has 0 saturated heterocycles. The standard InChI is InChI=1S/C13H19NO3S/c15-12(16)7-10-3-4-11(18-10)8-14-9-13(17)5-1-2-6-13/h3-4,14,17H,1-2,5-9H2,(H,15,16). The van der Waals surface area contributed by atoms with Crippen LogP contribution in [-0.4, -0.2) is 28.3 Å². The second kappa shape index (κ2) is 5.82. The Hall–Kier alpha value is -0.910. The molecule has 0 unspecified atom stereocenters. The number of carbonyl (C=O) groups is 1. The number of nitrogens with one attached hydrogen (secondary N) is 1. The van der Waals surface area contributed by atoms with Crippen LogP contribution >= 0.6 is 11.3 Å². The van der Waals surface area contributed by atoms with E-state index in [2.05, 4.69) is 5.32 Å². The number of rotatable bonds is 6. The van der Waals surface area contributed by atoms with Crippen molar-refractivity contribution in [2.45, 2.75) is 44.2 Å². The number of hydrogen-bond acceptors (Lipinski definition) is 4. The first-order valence-electron chi connectivity index (χ1n) is 6.30. The summed E-state index contributed by atoms with van der Waals surface area (Å²) in [6.45, 7) is 1.33. The number of hydrogen-bond donors (Lipinski definition) is 3. The molecule has 0 aliphatic heterocycles. The third-order valence-electron chi connectivity index (χ3n) is 3.33. The van der Waals surface area contributed by atoms with Gasteiger partial charge in [-0.05, 0) is 25.0 Å². The Morgan fingerprint density at radius 1 is 1.33 bits per heavy atom. The van der Waals surface area contributed by atoms with Crippen molar-refractivity contribution in [1.29, 1.82) is 0 Å². The van der Waals surface area contributed by atoms with E-state index in [1.165, 1.54) is 11.3 Å². The normalized spacial score (nSPS) is 18.1. The Morgan fingerprint density at radius 2 is 2.00 bits per heavy atom. The molecule has 0 radical (unpaired) electrons. The first-order valence-corrected chi connectivity index (χ1v) is 7.12. The average molecular weight is 269 g/mol. The fourth-order valence-electron chi connectivity index (χ4n) is 2.39. The highest BCUT2D eigenvalue weighted by Gasteiger charge is 2.30. The molecule has 0 aromatic carbocycles. The minimum Gasteiger partial charge on any atom is -0.481 e. The van der Waals surface area contributed by atoms with Crippen LogP contribution in [0.3, 0.4) is 0 Å². The summed E-state index contributed by atoms with van der Waals surface area (Å²) in [5.41, 5.74) is -0.527. The molecule has 1 aromatic rings. The van der Waals surface area contributed by atoms with Crippen molar-refractivity contribution in [1.82, 2.24) is 5.32 Å². The Bertz CT molecular complexity index is 410. The molecule has 100 valence electrons.